The fraction of sp³-hybridized carbons (Fsp3) is 0.500. The summed E-state index contributed by atoms with van der Waals surface area (Å²) in [7, 11) is 0. The zero-order valence-electron chi connectivity index (χ0n) is 7.32. The summed E-state index contributed by atoms with van der Waals surface area (Å²) in [5, 5.41) is 0. The Morgan fingerprint density at radius 3 is 2.92 bits per heavy atom. The summed E-state index contributed by atoms with van der Waals surface area (Å²) >= 11 is 3.61. The van der Waals surface area contributed by atoms with Crippen molar-refractivity contribution >= 4 is 15.9 Å². The van der Waals surface area contributed by atoms with Gasteiger partial charge in [-0.25, -0.2) is 4.98 Å². The molecule has 0 radical (unpaired) electrons. The number of aromatic nitrogens is 1. The van der Waals surface area contributed by atoms with Crippen LogP contribution in [0.2, 0.25) is 0 Å². The summed E-state index contributed by atoms with van der Waals surface area (Å²) in [4.78, 5) is 4.63. The average Bonchev–Trinajstić information content (AvgIpc) is 2.54. The van der Waals surface area contributed by atoms with E-state index in [0.29, 0.717) is 10.9 Å². The van der Waals surface area contributed by atoms with Crippen molar-refractivity contribution in [2.75, 3.05) is 0 Å². The van der Waals surface area contributed by atoms with E-state index in [4.69, 9.17) is 4.74 Å². The number of pyridine rings is 1. The van der Waals surface area contributed by atoms with Gasteiger partial charge in [-0.3, -0.25) is 0 Å². The first-order chi connectivity index (χ1) is 6.36. The van der Waals surface area contributed by atoms with Crippen LogP contribution in [0.4, 0.5) is 0 Å². The first kappa shape index (κ1) is 9.00. The highest BCUT2D eigenvalue weighted by Crippen LogP contribution is 2.28. The molecule has 13 heavy (non-hydrogen) atoms. The molecule has 70 valence electrons. The van der Waals surface area contributed by atoms with Crippen LogP contribution in [0, 0.1) is 0 Å². The van der Waals surface area contributed by atoms with E-state index in [2.05, 4.69) is 20.9 Å². The maximum atomic E-state index is 5.73. The molecule has 1 aromatic rings. The van der Waals surface area contributed by atoms with Crippen molar-refractivity contribution in [3.05, 3.63) is 24.4 Å². The lowest BCUT2D eigenvalue weighted by molar-refractivity contribution is 0.207. The van der Waals surface area contributed by atoms with E-state index in [0.717, 1.165) is 12.3 Å². The van der Waals surface area contributed by atoms with Crippen molar-refractivity contribution < 1.29 is 4.74 Å². The number of alkyl halides is 1. The Bertz CT molecular complexity index is 265. The average molecular weight is 242 g/mol. The van der Waals surface area contributed by atoms with Gasteiger partial charge < -0.3 is 4.74 Å². The second-order valence-corrected chi connectivity index (χ2v) is 4.45. The van der Waals surface area contributed by atoms with Crippen molar-refractivity contribution in [1.29, 1.82) is 0 Å². The Morgan fingerprint density at radius 2 is 2.31 bits per heavy atom. The van der Waals surface area contributed by atoms with Crippen LogP contribution in [0.5, 0.6) is 5.88 Å². The molecule has 0 amide bonds. The third-order valence-electron chi connectivity index (χ3n) is 2.28. The van der Waals surface area contributed by atoms with Crippen LogP contribution in [-0.4, -0.2) is 15.9 Å². The maximum Gasteiger partial charge on any atom is 0.213 e. The molecule has 0 aliphatic heterocycles. The summed E-state index contributed by atoms with van der Waals surface area (Å²) in [6.07, 6.45) is 5.64. The zero-order valence-corrected chi connectivity index (χ0v) is 8.90. The molecule has 1 fully saturated rings. The lowest BCUT2D eigenvalue weighted by Crippen LogP contribution is -2.21. The molecule has 2 nitrogen and oxygen atoms in total. The predicted octanol–water partition coefficient (Wildman–Crippen LogP) is 2.78. The van der Waals surface area contributed by atoms with Crippen LogP contribution in [0.15, 0.2) is 24.4 Å². The van der Waals surface area contributed by atoms with Crippen LogP contribution < -0.4 is 4.74 Å². The van der Waals surface area contributed by atoms with E-state index in [9.17, 15) is 0 Å². The highest BCUT2D eigenvalue weighted by atomic mass is 79.9. The van der Waals surface area contributed by atoms with Crippen molar-refractivity contribution in [2.45, 2.75) is 30.2 Å². The molecule has 2 unspecified atom stereocenters. The first-order valence-corrected chi connectivity index (χ1v) is 5.49. The van der Waals surface area contributed by atoms with E-state index in [1.807, 2.05) is 18.2 Å². The summed E-state index contributed by atoms with van der Waals surface area (Å²) in [5.74, 6) is 0.735. The minimum absolute atomic E-state index is 0.301. The van der Waals surface area contributed by atoms with Crippen LogP contribution in [0.3, 0.4) is 0 Å². The van der Waals surface area contributed by atoms with Gasteiger partial charge >= 0.3 is 0 Å². The Kier molecular flexibility index (Phi) is 2.83. The second kappa shape index (κ2) is 4.09. The van der Waals surface area contributed by atoms with Crippen molar-refractivity contribution in [2.24, 2.45) is 0 Å². The van der Waals surface area contributed by atoms with Crippen molar-refractivity contribution in [3.8, 4) is 5.88 Å². The van der Waals surface area contributed by atoms with Crippen molar-refractivity contribution in [1.82, 2.24) is 4.98 Å². The SMILES string of the molecule is BrC1CCCC1Oc1ccccn1. The Hall–Kier alpha value is -0.570. The molecule has 0 bridgehead atoms. The number of hydrogen-bond acceptors (Lipinski definition) is 2. The van der Waals surface area contributed by atoms with Gasteiger partial charge in [0.2, 0.25) is 5.88 Å². The van der Waals surface area contributed by atoms with Gasteiger partial charge in [0.1, 0.15) is 6.10 Å². The van der Waals surface area contributed by atoms with Gasteiger partial charge in [-0.1, -0.05) is 22.0 Å². The minimum Gasteiger partial charge on any atom is -0.473 e. The monoisotopic (exact) mass is 241 g/mol. The van der Waals surface area contributed by atoms with E-state index in [-0.39, 0.29) is 0 Å². The van der Waals surface area contributed by atoms with Crippen LogP contribution in [0.25, 0.3) is 0 Å². The Morgan fingerprint density at radius 1 is 1.38 bits per heavy atom. The second-order valence-electron chi connectivity index (χ2n) is 3.27. The van der Waals surface area contributed by atoms with Crippen molar-refractivity contribution in [3.63, 3.8) is 0 Å². The highest BCUT2D eigenvalue weighted by molar-refractivity contribution is 9.09. The molecule has 1 aliphatic rings. The van der Waals surface area contributed by atoms with Gasteiger partial charge in [0.25, 0.3) is 0 Å². The highest BCUT2D eigenvalue weighted by Gasteiger charge is 2.26. The van der Waals surface area contributed by atoms with Gasteiger partial charge in [0.05, 0.1) is 4.83 Å². The molecule has 2 rings (SSSR count). The number of hydrogen-bond donors (Lipinski definition) is 0. The molecule has 0 aromatic carbocycles. The summed E-state index contributed by atoms with van der Waals surface area (Å²) < 4.78 is 5.73. The van der Waals surface area contributed by atoms with E-state index >= 15 is 0 Å². The predicted molar refractivity (Wildman–Crippen MR) is 55.2 cm³/mol. The topological polar surface area (TPSA) is 22.1 Å². The van der Waals surface area contributed by atoms with Gasteiger partial charge in [0.15, 0.2) is 0 Å². The van der Waals surface area contributed by atoms with Gasteiger partial charge in [-0.05, 0) is 25.3 Å². The molecular weight excluding hydrogens is 230 g/mol. The lowest BCUT2D eigenvalue weighted by atomic mass is 10.3. The fourth-order valence-electron chi connectivity index (χ4n) is 1.59. The zero-order chi connectivity index (χ0) is 9.10. The van der Waals surface area contributed by atoms with Crippen LogP contribution >= 0.6 is 15.9 Å². The number of ether oxygens (including phenoxy) is 1. The number of nitrogens with zero attached hydrogens (tertiary/aromatic N) is 1. The first-order valence-electron chi connectivity index (χ1n) is 4.58. The normalized spacial score (nSPS) is 27.5. The van der Waals surface area contributed by atoms with Gasteiger partial charge in [0, 0.05) is 12.3 Å². The van der Waals surface area contributed by atoms with E-state index in [1.165, 1.54) is 12.8 Å². The lowest BCUT2D eigenvalue weighted by Gasteiger charge is -2.15. The Balaban J connectivity index is 1.98. The summed E-state index contributed by atoms with van der Waals surface area (Å²) in [6, 6.07) is 5.74. The van der Waals surface area contributed by atoms with Gasteiger partial charge in [-0.15, -0.1) is 0 Å². The molecule has 0 saturated heterocycles. The molecule has 1 aliphatic carbocycles. The van der Waals surface area contributed by atoms with Crippen LogP contribution in [-0.2, 0) is 0 Å². The molecule has 1 saturated carbocycles. The quantitative estimate of drug-likeness (QED) is 0.744. The minimum atomic E-state index is 0.301. The third-order valence-corrected chi connectivity index (χ3v) is 3.33. The molecule has 3 heteroatoms. The van der Waals surface area contributed by atoms with Crippen LogP contribution in [0.1, 0.15) is 19.3 Å². The van der Waals surface area contributed by atoms with Gasteiger partial charge in [-0.2, -0.15) is 0 Å². The summed E-state index contributed by atoms with van der Waals surface area (Å²) in [5.41, 5.74) is 0. The number of rotatable bonds is 2. The fourth-order valence-corrected chi connectivity index (χ4v) is 2.28. The molecule has 1 aromatic heterocycles. The largest absolute Gasteiger partial charge is 0.473 e. The molecular formula is C10H12BrNO. The molecule has 2 atom stereocenters. The maximum absolute atomic E-state index is 5.73. The van der Waals surface area contributed by atoms with E-state index < -0.39 is 0 Å². The smallest absolute Gasteiger partial charge is 0.213 e. The molecule has 1 heterocycles. The summed E-state index contributed by atoms with van der Waals surface area (Å²) in [6.45, 7) is 0. The third kappa shape index (κ3) is 2.21. The molecule has 0 N–H and O–H groups in total. The Labute approximate surface area is 86.5 Å². The molecule has 0 spiro atoms. The standard InChI is InChI=1S/C10H12BrNO/c11-8-4-3-5-9(8)13-10-6-1-2-7-12-10/h1-2,6-9H,3-5H2. The number of halogens is 1. The van der Waals surface area contributed by atoms with E-state index in [1.54, 1.807) is 6.20 Å².